The van der Waals surface area contributed by atoms with Crippen LogP contribution >= 0.6 is 0 Å². The molecule has 0 spiro atoms. The first-order valence-corrected chi connectivity index (χ1v) is 6.46. The minimum absolute atomic E-state index is 0.0109. The summed E-state index contributed by atoms with van der Waals surface area (Å²) in [4.78, 5) is 0. The summed E-state index contributed by atoms with van der Waals surface area (Å²) in [6, 6.07) is 0.143. The lowest BCUT2D eigenvalue weighted by Gasteiger charge is -2.29. The summed E-state index contributed by atoms with van der Waals surface area (Å²) < 4.78 is 28.9. The Labute approximate surface area is 106 Å². The van der Waals surface area contributed by atoms with Gasteiger partial charge in [0.1, 0.15) is 11.6 Å². The van der Waals surface area contributed by atoms with E-state index in [2.05, 4.69) is 10.2 Å². The van der Waals surface area contributed by atoms with E-state index in [1.807, 2.05) is 18.4 Å². The molecule has 0 aliphatic heterocycles. The fraction of sp³-hybridized carbons (Fsp3) is 0.833. The standard InChI is InChI=1S/C12H20F2N4/c1-8(2)18-10(7-15)16-17-11(18)9-4-3-5-12(13,14)6-9/h8-9H,3-7,15H2,1-2H3. The zero-order valence-corrected chi connectivity index (χ0v) is 10.9. The summed E-state index contributed by atoms with van der Waals surface area (Å²) in [5.74, 6) is -1.43. The number of rotatable bonds is 3. The first-order chi connectivity index (χ1) is 8.44. The van der Waals surface area contributed by atoms with E-state index in [-0.39, 0.29) is 31.3 Å². The third-order valence-electron chi connectivity index (χ3n) is 3.50. The molecule has 4 nitrogen and oxygen atoms in total. The van der Waals surface area contributed by atoms with Crippen LogP contribution < -0.4 is 5.73 Å². The molecule has 0 amide bonds. The molecule has 1 aliphatic carbocycles. The molecule has 0 saturated heterocycles. The highest BCUT2D eigenvalue weighted by Crippen LogP contribution is 2.41. The van der Waals surface area contributed by atoms with Crippen molar-refractivity contribution in [1.29, 1.82) is 0 Å². The largest absolute Gasteiger partial charge is 0.324 e. The van der Waals surface area contributed by atoms with Crippen LogP contribution in [0.1, 0.15) is 63.1 Å². The number of aromatic nitrogens is 3. The predicted octanol–water partition coefficient (Wildman–Crippen LogP) is 2.61. The second-order valence-electron chi connectivity index (χ2n) is 5.29. The monoisotopic (exact) mass is 258 g/mol. The van der Waals surface area contributed by atoms with E-state index >= 15 is 0 Å². The van der Waals surface area contributed by atoms with Gasteiger partial charge in [-0.1, -0.05) is 0 Å². The molecule has 0 aromatic carbocycles. The highest BCUT2D eigenvalue weighted by molar-refractivity contribution is 5.06. The van der Waals surface area contributed by atoms with Crippen LogP contribution in [0.15, 0.2) is 0 Å². The van der Waals surface area contributed by atoms with Gasteiger partial charge < -0.3 is 10.3 Å². The van der Waals surface area contributed by atoms with Gasteiger partial charge in [-0.3, -0.25) is 0 Å². The lowest BCUT2D eigenvalue weighted by atomic mass is 9.86. The number of hydrogen-bond donors (Lipinski definition) is 1. The second kappa shape index (κ2) is 4.91. The molecule has 2 N–H and O–H groups in total. The minimum atomic E-state index is -2.57. The molecule has 1 aliphatic rings. The maximum atomic E-state index is 13.5. The molecule has 0 radical (unpaired) electrons. The zero-order chi connectivity index (χ0) is 13.3. The normalized spacial score (nSPS) is 23.6. The molecule has 0 bridgehead atoms. The molecule has 102 valence electrons. The minimum Gasteiger partial charge on any atom is -0.324 e. The Bertz CT molecular complexity index is 414. The third-order valence-corrected chi connectivity index (χ3v) is 3.50. The van der Waals surface area contributed by atoms with E-state index in [4.69, 9.17) is 5.73 Å². The Kier molecular flexibility index (Phi) is 3.66. The molecule has 1 unspecified atom stereocenters. The number of alkyl halides is 2. The maximum absolute atomic E-state index is 13.5. The SMILES string of the molecule is CC(C)n1c(CN)nnc1C1CCCC(F)(F)C1. The van der Waals surface area contributed by atoms with Crippen molar-refractivity contribution < 1.29 is 8.78 Å². The molecule has 1 saturated carbocycles. The number of hydrogen-bond acceptors (Lipinski definition) is 3. The Balaban J connectivity index is 2.30. The number of nitrogens with two attached hydrogens (primary N) is 1. The topological polar surface area (TPSA) is 56.7 Å². The molecular formula is C12H20F2N4. The van der Waals surface area contributed by atoms with Gasteiger partial charge in [-0.25, -0.2) is 8.78 Å². The fourth-order valence-electron chi connectivity index (χ4n) is 2.71. The smallest absolute Gasteiger partial charge is 0.248 e. The quantitative estimate of drug-likeness (QED) is 0.906. The van der Waals surface area contributed by atoms with Crippen LogP contribution in [-0.4, -0.2) is 20.7 Å². The van der Waals surface area contributed by atoms with Crippen molar-refractivity contribution >= 4 is 0 Å². The average Bonchev–Trinajstić information content (AvgIpc) is 2.71. The van der Waals surface area contributed by atoms with Crippen LogP contribution in [0.4, 0.5) is 8.78 Å². The first kappa shape index (κ1) is 13.4. The van der Waals surface area contributed by atoms with Crippen molar-refractivity contribution in [1.82, 2.24) is 14.8 Å². The molecule has 1 fully saturated rings. The summed E-state index contributed by atoms with van der Waals surface area (Å²) in [7, 11) is 0. The molecule has 18 heavy (non-hydrogen) atoms. The van der Waals surface area contributed by atoms with Crippen molar-refractivity contribution in [2.75, 3.05) is 0 Å². The van der Waals surface area contributed by atoms with Crippen LogP contribution in [0.2, 0.25) is 0 Å². The molecule has 1 heterocycles. The molecule has 6 heteroatoms. The van der Waals surface area contributed by atoms with Crippen molar-refractivity contribution in [3.05, 3.63) is 11.6 Å². The van der Waals surface area contributed by atoms with E-state index < -0.39 is 5.92 Å². The summed E-state index contributed by atoms with van der Waals surface area (Å²) in [5.41, 5.74) is 5.61. The van der Waals surface area contributed by atoms with E-state index in [1.165, 1.54) is 0 Å². The van der Waals surface area contributed by atoms with Gasteiger partial charge in [-0.05, 0) is 26.7 Å². The van der Waals surface area contributed by atoms with E-state index in [1.54, 1.807) is 0 Å². The maximum Gasteiger partial charge on any atom is 0.248 e. The van der Waals surface area contributed by atoms with Gasteiger partial charge in [0.05, 0.1) is 6.54 Å². The Morgan fingerprint density at radius 2 is 2.17 bits per heavy atom. The van der Waals surface area contributed by atoms with Gasteiger partial charge in [0.25, 0.3) is 0 Å². The molecule has 2 rings (SSSR count). The third kappa shape index (κ3) is 2.53. The Morgan fingerprint density at radius 1 is 1.44 bits per heavy atom. The predicted molar refractivity (Wildman–Crippen MR) is 64.5 cm³/mol. The van der Waals surface area contributed by atoms with Crippen molar-refractivity contribution in [3.8, 4) is 0 Å². The lowest BCUT2D eigenvalue weighted by molar-refractivity contribution is -0.0421. The Hall–Kier alpha value is -1.04. The van der Waals surface area contributed by atoms with Crippen molar-refractivity contribution in [2.24, 2.45) is 5.73 Å². The highest BCUT2D eigenvalue weighted by Gasteiger charge is 2.39. The number of halogens is 2. The summed E-state index contributed by atoms with van der Waals surface area (Å²) in [6.07, 6.45) is 1.16. The van der Waals surface area contributed by atoms with Crippen LogP contribution in [0.25, 0.3) is 0 Å². The van der Waals surface area contributed by atoms with Crippen molar-refractivity contribution in [2.45, 2.75) is 64.0 Å². The summed E-state index contributed by atoms with van der Waals surface area (Å²) in [5, 5.41) is 8.12. The van der Waals surface area contributed by atoms with Gasteiger partial charge in [-0.15, -0.1) is 10.2 Å². The van der Waals surface area contributed by atoms with Crippen LogP contribution in [0.5, 0.6) is 0 Å². The van der Waals surface area contributed by atoms with Crippen LogP contribution in [-0.2, 0) is 6.54 Å². The first-order valence-electron chi connectivity index (χ1n) is 6.46. The average molecular weight is 258 g/mol. The van der Waals surface area contributed by atoms with Gasteiger partial charge in [0.15, 0.2) is 0 Å². The highest BCUT2D eigenvalue weighted by atomic mass is 19.3. The molecule has 1 aromatic rings. The molecular weight excluding hydrogens is 238 g/mol. The summed E-state index contributed by atoms with van der Waals surface area (Å²) in [6.45, 7) is 4.27. The van der Waals surface area contributed by atoms with Crippen LogP contribution in [0.3, 0.4) is 0 Å². The van der Waals surface area contributed by atoms with E-state index in [0.29, 0.717) is 18.1 Å². The zero-order valence-electron chi connectivity index (χ0n) is 10.9. The Morgan fingerprint density at radius 3 is 2.72 bits per heavy atom. The van der Waals surface area contributed by atoms with E-state index in [0.717, 1.165) is 6.42 Å². The van der Waals surface area contributed by atoms with E-state index in [9.17, 15) is 8.78 Å². The van der Waals surface area contributed by atoms with Gasteiger partial charge in [0, 0.05) is 24.8 Å². The fourth-order valence-corrected chi connectivity index (χ4v) is 2.71. The summed E-state index contributed by atoms with van der Waals surface area (Å²) >= 11 is 0. The van der Waals surface area contributed by atoms with Gasteiger partial charge in [-0.2, -0.15) is 0 Å². The number of nitrogens with zero attached hydrogens (tertiary/aromatic N) is 3. The second-order valence-corrected chi connectivity index (χ2v) is 5.29. The van der Waals surface area contributed by atoms with Gasteiger partial charge >= 0.3 is 0 Å². The molecule has 1 aromatic heterocycles. The lowest BCUT2D eigenvalue weighted by Crippen LogP contribution is -2.27. The molecule has 1 atom stereocenters. The van der Waals surface area contributed by atoms with Gasteiger partial charge in [0.2, 0.25) is 5.92 Å². The van der Waals surface area contributed by atoms with Crippen LogP contribution in [0, 0.1) is 0 Å². The van der Waals surface area contributed by atoms with Crippen molar-refractivity contribution in [3.63, 3.8) is 0 Å².